The van der Waals surface area contributed by atoms with Gasteiger partial charge >= 0.3 is 0 Å². The lowest BCUT2D eigenvalue weighted by Gasteiger charge is -2.27. The zero-order valence-electron chi connectivity index (χ0n) is 12.1. The van der Waals surface area contributed by atoms with Gasteiger partial charge in [0.15, 0.2) is 0 Å². The fourth-order valence-electron chi connectivity index (χ4n) is 2.85. The summed E-state index contributed by atoms with van der Waals surface area (Å²) in [6.45, 7) is 7.56. The molecule has 2 aliphatic rings. The molecule has 1 N–H and O–H groups in total. The highest BCUT2D eigenvalue weighted by Crippen LogP contribution is 2.33. The van der Waals surface area contributed by atoms with E-state index in [-0.39, 0.29) is 12.2 Å². The van der Waals surface area contributed by atoms with Gasteiger partial charge in [0.2, 0.25) is 5.91 Å². The number of carbonyl (C=O) groups excluding carboxylic acids is 1. The lowest BCUT2D eigenvalue weighted by atomic mass is 10.1. The van der Waals surface area contributed by atoms with Crippen molar-refractivity contribution in [1.29, 1.82) is 0 Å². The normalized spacial score (nSPS) is 28.4. The van der Waals surface area contributed by atoms with Gasteiger partial charge in [-0.1, -0.05) is 46.5 Å². The van der Waals surface area contributed by atoms with Crippen molar-refractivity contribution in [1.82, 2.24) is 10.2 Å². The van der Waals surface area contributed by atoms with E-state index in [0.717, 1.165) is 25.3 Å². The monoisotopic (exact) mass is 252 g/mol. The molecule has 1 aliphatic heterocycles. The molecular formula is C15H28N2O. The van der Waals surface area contributed by atoms with Gasteiger partial charge in [0.05, 0.1) is 12.2 Å². The first-order chi connectivity index (χ1) is 8.63. The van der Waals surface area contributed by atoms with Crippen molar-refractivity contribution in [3.8, 4) is 0 Å². The number of unbranched alkanes of at least 4 members (excludes halogenated alkanes) is 1. The lowest BCUT2D eigenvalue weighted by molar-refractivity contribution is -0.130. The van der Waals surface area contributed by atoms with Crippen molar-refractivity contribution < 1.29 is 4.79 Å². The summed E-state index contributed by atoms with van der Waals surface area (Å²) < 4.78 is 0. The molecule has 0 spiro atoms. The van der Waals surface area contributed by atoms with E-state index in [4.69, 9.17) is 0 Å². The van der Waals surface area contributed by atoms with Gasteiger partial charge in [0.1, 0.15) is 0 Å². The van der Waals surface area contributed by atoms with Crippen LogP contribution in [0.4, 0.5) is 0 Å². The molecule has 1 aliphatic carbocycles. The summed E-state index contributed by atoms with van der Waals surface area (Å²) in [4.78, 5) is 14.5. The van der Waals surface area contributed by atoms with E-state index in [9.17, 15) is 4.79 Å². The van der Waals surface area contributed by atoms with Crippen LogP contribution in [0.25, 0.3) is 0 Å². The lowest BCUT2D eigenvalue weighted by Crippen LogP contribution is -2.42. The Hall–Kier alpha value is -0.570. The largest absolute Gasteiger partial charge is 0.326 e. The maximum atomic E-state index is 12.4. The molecule has 2 atom stereocenters. The molecule has 0 bridgehead atoms. The molecule has 2 unspecified atom stereocenters. The van der Waals surface area contributed by atoms with E-state index in [1.54, 1.807) is 0 Å². The maximum absolute atomic E-state index is 12.4. The Balaban J connectivity index is 1.91. The quantitative estimate of drug-likeness (QED) is 0.755. The molecule has 0 aromatic rings. The van der Waals surface area contributed by atoms with Crippen molar-refractivity contribution in [3.63, 3.8) is 0 Å². The number of nitrogens with one attached hydrogen (secondary N) is 1. The van der Waals surface area contributed by atoms with Crippen LogP contribution in [0.15, 0.2) is 0 Å². The first-order valence-electron chi connectivity index (χ1n) is 7.70. The molecule has 1 amide bonds. The van der Waals surface area contributed by atoms with Gasteiger partial charge in [-0.15, -0.1) is 0 Å². The highest BCUT2D eigenvalue weighted by molar-refractivity contribution is 5.84. The summed E-state index contributed by atoms with van der Waals surface area (Å²) >= 11 is 0. The Morgan fingerprint density at radius 1 is 1.33 bits per heavy atom. The molecule has 0 aromatic carbocycles. The van der Waals surface area contributed by atoms with Gasteiger partial charge in [0, 0.05) is 6.54 Å². The van der Waals surface area contributed by atoms with Crippen molar-refractivity contribution in [3.05, 3.63) is 0 Å². The van der Waals surface area contributed by atoms with Crippen LogP contribution < -0.4 is 5.32 Å². The van der Waals surface area contributed by atoms with Crippen LogP contribution in [0.3, 0.4) is 0 Å². The van der Waals surface area contributed by atoms with Gasteiger partial charge in [-0.05, 0) is 24.7 Å². The predicted molar refractivity (Wildman–Crippen MR) is 74.1 cm³/mol. The second-order valence-electron chi connectivity index (χ2n) is 6.31. The number of amides is 1. The minimum Gasteiger partial charge on any atom is -0.326 e. The number of rotatable bonds is 7. The third-order valence-electron chi connectivity index (χ3n) is 4.24. The van der Waals surface area contributed by atoms with Crippen LogP contribution in [0.5, 0.6) is 0 Å². The topological polar surface area (TPSA) is 32.3 Å². The van der Waals surface area contributed by atoms with E-state index < -0.39 is 0 Å². The summed E-state index contributed by atoms with van der Waals surface area (Å²) in [6.07, 6.45) is 7.53. The van der Waals surface area contributed by atoms with Gasteiger partial charge in [-0.3, -0.25) is 10.1 Å². The van der Waals surface area contributed by atoms with E-state index in [1.165, 1.54) is 25.7 Å². The molecule has 0 aromatic heterocycles. The maximum Gasteiger partial charge on any atom is 0.241 e. The molecular weight excluding hydrogens is 224 g/mol. The molecule has 1 saturated heterocycles. The van der Waals surface area contributed by atoms with Gasteiger partial charge in [0.25, 0.3) is 0 Å². The van der Waals surface area contributed by atoms with Crippen LogP contribution in [0.2, 0.25) is 0 Å². The van der Waals surface area contributed by atoms with Crippen LogP contribution in [-0.4, -0.2) is 29.6 Å². The summed E-state index contributed by atoms with van der Waals surface area (Å²) in [5.74, 6) is 1.75. The Morgan fingerprint density at radius 2 is 2.06 bits per heavy atom. The highest BCUT2D eigenvalue weighted by atomic mass is 16.2. The standard InChI is InChI=1S/C15H28N2O/c1-4-5-6-13-15(18)17(10-9-12-7-8-12)14(16-13)11(2)3/h11-14,16H,4-10H2,1-3H3. The third-order valence-corrected chi connectivity index (χ3v) is 4.24. The number of nitrogens with zero attached hydrogens (tertiary/aromatic N) is 1. The van der Waals surface area contributed by atoms with E-state index in [2.05, 4.69) is 31.0 Å². The van der Waals surface area contributed by atoms with Crippen molar-refractivity contribution in [2.45, 2.75) is 71.5 Å². The van der Waals surface area contributed by atoms with Crippen LogP contribution in [-0.2, 0) is 4.79 Å². The molecule has 18 heavy (non-hydrogen) atoms. The molecule has 3 heteroatoms. The summed E-state index contributed by atoms with van der Waals surface area (Å²) in [5, 5.41) is 3.55. The van der Waals surface area contributed by atoms with Gasteiger partial charge < -0.3 is 4.90 Å². The minimum atomic E-state index is 0.0801. The van der Waals surface area contributed by atoms with Gasteiger partial charge in [-0.2, -0.15) is 0 Å². The fourth-order valence-corrected chi connectivity index (χ4v) is 2.85. The molecule has 0 radical (unpaired) electrons. The molecule has 3 nitrogen and oxygen atoms in total. The fraction of sp³-hybridized carbons (Fsp3) is 0.933. The average molecular weight is 252 g/mol. The summed E-state index contributed by atoms with van der Waals surface area (Å²) in [7, 11) is 0. The van der Waals surface area contributed by atoms with Gasteiger partial charge in [-0.25, -0.2) is 0 Å². The Morgan fingerprint density at radius 3 is 2.61 bits per heavy atom. The van der Waals surface area contributed by atoms with E-state index >= 15 is 0 Å². The molecule has 2 fully saturated rings. The Bertz CT molecular complexity index is 286. The van der Waals surface area contributed by atoms with Crippen molar-refractivity contribution >= 4 is 5.91 Å². The summed E-state index contributed by atoms with van der Waals surface area (Å²) in [5.41, 5.74) is 0. The average Bonchev–Trinajstić information content (AvgIpc) is 3.10. The summed E-state index contributed by atoms with van der Waals surface area (Å²) in [6, 6.07) is 0.0801. The van der Waals surface area contributed by atoms with E-state index in [1.807, 2.05) is 0 Å². The second-order valence-corrected chi connectivity index (χ2v) is 6.31. The minimum absolute atomic E-state index is 0.0801. The SMILES string of the molecule is CCCCC1NC(C(C)C)N(CCC2CC2)C1=O. The van der Waals surface area contributed by atoms with Crippen LogP contribution in [0.1, 0.15) is 59.3 Å². The highest BCUT2D eigenvalue weighted by Gasteiger charge is 2.39. The molecule has 104 valence electrons. The Labute approximate surface area is 111 Å². The predicted octanol–water partition coefficient (Wildman–Crippen LogP) is 2.76. The Kier molecular flexibility index (Phi) is 4.66. The molecule has 1 heterocycles. The zero-order valence-corrected chi connectivity index (χ0v) is 12.1. The second kappa shape index (κ2) is 6.05. The smallest absolute Gasteiger partial charge is 0.241 e. The van der Waals surface area contributed by atoms with Crippen molar-refractivity contribution in [2.75, 3.05) is 6.54 Å². The molecule has 2 rings (SSSR count). The first kappa shape index (κ1) is 13.9. The number of hydrogen-bond donors (Lipinski definition) is 1. The zero-order chi connectivity index (χ0) is 13.1. The van der Waals surface area contributed by atoms with Crippen molar-refractivity contribution in [2.24, 2.45) is 11.8 Å². The number of hydrogen-bond acceptors (Lipinski definition) is 2. The van der Waals surface area contributed by atoms with E-state index in [0.29, 0.717) is 11.8 Å². The van der Waals surface area contributed by atoms with Crippen LogP contribution in [0, 0.1) is 11.8 Å². The molecule has 1 saturated carbocycles. The third kappa shape index (κ3) is 3.25. The first-order valence-corrected chi connectivity index (χ1v) is 7.70. The number of carbonyl (C=O) groups is 1. The van der Waals surface area contributed by atoms with Crippen LogP contribution >= 0.6 is 0 Å².